The Hall–Kier alpha value is -0.770. The number of carbonyl (C=O) groups is 2. The molecule has 0 unspecified atom stereocenters. The van der Waals surface area contributed by atoms with Gasteiger partial charge in [0, 0.05) is 6.42 Å². The molecule has 0 fully saturated rings. The number of hydrogen-bond acceptors (Lipinski definition) is 4. The number of unbranched alkanes of at least 4 members (excludes halogenated alkanes) is 1. The van der Waals surface area contributed by atoms with Gasteiger partial charge in [0.1, 0.15) is 0 Å². The monoisotopic (exact) mass is 236 g/mol. The van der Waals surface area contributed by atoms with E-state index in [1.807, 2.05) is 0 Å². The van der Waals surface area contributed by atoms with Gasteiger partial charge in [-0.15, -0.1) is 0 Å². The smallest absolute Gasteiger partial charge is 0.308 e. The molecule has 0 aromatic rings. The summed E-state index contributed by atoms with van der Waals surface area (Å²) in [7, 11) is 0. The SMILES string of the molecule is CC(C)C(=O)OCCCCC(=O)OCCl. The van der Waals surface area contributed by atoms with Crippen molar-refractivity contribution in [1.29, 1.82) is 0 Å². The summed E-state index contributed by atoms with van der Waals surface area (Å²) in [5, 5.41) is 0. The lowest BCUT2D eigenvalue weighted by atomic mass is 10.2. The largest absolute Gasteiger partial charge is 0.465 e. The van der Waals surface area contributed by atoms with E-state index in [1.54, 1.807) is 13.8 Å². The molecule has 0 heterocycles. The molecule has 0 aliphatic heterocycles. The molecule has 15 heavy (non-hydrogen) atoms. The maximum Gasteiger partial charge on any atom is 0.308 e. The summed E-state index contributed by atoms with van der Waals surface area (Å²) in [6.07, 6.45) is 1.61. The van der Waals surface area contributed by atoms with Gasteiger partial charge in [-0.3, -0.25) is 9.59 Å². The molecule has 0 saturated heterocycles. The molecule has 0 aromatic heterocycles. The van der Waals surface area contributed by atoms with Crippen molar-refractivity contribution in [2.45, 2.75) is 33.1 Å². The van der Waals surface area contributed by atoms with Crippen LogP contribution < -0.4 is 0 Å². The molecule has 0 aromatic carbocycles. The zero-order chi connectivity index (χ0) is 11.7. The van der Waals surface area contributed by atoms with Crippen LogP contribution in [0.1, 0.15) is 33.1 Å². The van der Waals surface area contributed by atoms with Crippen LogP contribution in [0.15, 0.2) is 0 Å². The summed E-state index contributed by atoms with van der Waals surface area (Å²) >= 11 is 5.20. The van der Waals surface area contributed by atoms with Crippen LogP contribution in [0, 0.1) is 5.92 Å². The molecule has 0 saturated carbocycles. The predicted molar refractivity (Wildman–Crippen MR) is 56.5 cm³/mol. The molecular formula is C10H17ClO4. The molecule has 88 valence electrons. The first kappa shape index (κ1) is 14.2. The van der Waals surface area contributed by atoms with Crippen LogP contribution in [0.5, 0.6) is 0 Å². The van der Waals surface area contributed by atoms with Crippen LogP contribution in [0.25, 0.3) is 0 Å². The molecule has 0 rings (SSSR count). The first-order valence-electron chi connectivity index (χ1n) is 4.96. The van der Waals surface area contributed by atoms with E-state index in [1.165, 1.54) is 0 Å². The van der Waals surface area contributed by atoms with Crippen molar-refractivity contribution in [3.8, 4) is 0 Å². The molecule has 0 spiro atoms. The highest BCUT2D eigenvalue weighted by Gasteiger charge is 2.07. The van der Waals surface area contributed by atoms with Crippen molar-refractivity contribution >= 4 is 23.5 Å². The number of esters is 2. The Bertz CT molecular complexity index is 204. The Morgan fingerprint density at radius 1 is 1.20 bits per heavy atom. The topological polar surface area (TPSA) is 52.6 Å². The molecule has 4 nitrogen and oxygen atoms in total. The van der Waals surface area contributed by atoms with Gasteiger partial charge in [-0.1, -0.05) is 25.4 Å². The van der Waals surface area contributed by atoms with E-state index >= 15 is 0 Å². The lowest BCUT2D eigenvalue weighted by Crippen LogP contribution is -2.12. The van der Waals surface area contributed by atoms with Gasteiger partial charge in [-0.2, -0.15) is 0 Å². The van der Waals surface area contributed by atoms with Crippen LogP contribution in [-0.2, 0) is 19.1 Å². The second kappa shape index (κ2) is 8.53. The third-order valence-corrected chi connectivity index (χ3v) is 1.82. The third kappa shape index (κ3) is 8.24. The summed E-state index contributed by atoms with van der Waals surface area (Å²) in [6.45, 7) is 3.91. The highest BCUT2D eigenvalue weighted by atomic mass is 35.5. The van der Waals surface area contributed by atoms with Crippen LogP contribution in [0.3, 0.4) is 0 Å². The lowest BCUT2D eigenvalue weighted by molar-refractivity contribution is -0.147. The lowest BCUT2D eigenvalue weighted by Gasteiger charge is -2.06. The Morgan fingerprint density at radius 2 is 1.87 bits per heavy atom. The van der Waals surface area contributed by atoms with Gasteiger partial charge in [-0.25, -0.2) is 0 Å². The molecule has 0 aliphatic carbocycles. The zero-order valence-electron chi connectivity index (χ0n) is 9.12. The molecule has 0 bridgehead atoms. The molecule has 5 heteroatoms. The van der Waals surface area contributed by atoms with E-state index in [4.69, 9.17) is 16.3 Å². The first-order valence-corrected chi connectivity index (χ1v) is 5.49. The number of rotatable bonds is 7. The summed E-state index contributed by atoms with van der Waals surface area (Å²) in [6, 6.07) is -0.110. The van der Waals surface area contributed by atoms with E-state index in [0.29, 0.717) is 25.9 Å². The van der Waals surface area contributed by atoms with Gasteiger partial charge in [0.05, 0.1) is 12.5 Å². The fourth-order valence-corrected chi connectivity index (χ4v) is 0.966. The normalized spacial score (nSPS) is 10.1. The number of halogens is 1. The van der Waals surface area contributed by atoms with Gasteiger partial charge >= 0.3 is 11.9 Å². The van der Waals surface area contributed by atoms with E-state index in [9.17, 15) is 9.59 Å². The average molecular weight is 237 g/mol. The Labute approximate surface area is 94.9 Å². The van der Waals surface area contributed by atoms with Gasteiger partial charge in [0.2, 0.25) is 0 Å². The highest BCUT2D eigenvalue weighted by Crippen LogP contribution is 2.01. The van der Waals surface area contributed by atoms with Crippen molar-refractivity contribution in [2.75, 3.05) is 12.7 Å². The van der Waals surface area contributed by atoms with E-state index in [0.717, 1.165) is 0 Å². The average Bonchev–Trinajstić information content (AvgIpc) is 2.17. The summed E-state index contributed by atoms with van der Waals surface area (Å²) in [4.78, 5) is 21.8. The van der Waals surface area contributed by atoms with Crippen LogP contribution in [-0.4, -0.2) is 24.6 Å². The minimum atomic E-state index is -0.319. The molecule has 0 atom stereocenters. The summed E-state index contributed by atoms with van der Waals surface area (Å²) in [5.41, 5.74) is 0. The van der Waals surface area contributed by atoms with Crippen LogP contribution in [0.2, 0.25) is 0 Å². The van der Waals surface area contributed by atoms with Crippen molar-refractivity contribution in [3.05, 3.63) is 0 Å². The van der Waals surface area contributed by atoms with Crippen molar-refractivity contribution < 1.29 is 19.1 Å². The predicted octanol–water partition coefficient (Wildman–Crippen LogP) is 2.10. The second-order valence-corrected chi connectivity index (χ2v) is 3.62. The van der Waals surface area contributed by atoms with Gasteiger partial charge in [-0.05, 0) is 12.8 Å². The van der Waals surface area contributed by atoms with Gasteiger partial charge in [0.15, 0.2) is 6.07 Å². The highest BCUT2D eigenvalue weighted by molar-refractivity contribution is 6.17. The van der Waals surface area contributed by atoms with Crippen LogP contribution >= 0.6 is 11.6 Å². The third-order valence-electron chi connectivity index (χ3n) is 1.71. The van der Waals surface area contributed by atoms with Gasteiger partial charge < -0.3 is 9.47 Å². The summed E-state index contributed by atoms with van der Waals surface area (Å²) < 4.78 is 9.45. The molecule has 0 radical (unpaired) electrons. The van der Waals surface area contributed by atoms with E-state index in [2.05, 4.69) is 4.74 Å². The number of ether oxygens (including phenoxy) is 2. The molecule has 0 amide bonds. The molecular weight excluding hydrogens is 220 g/mol. The molecule has 0 aliphatic rings. The van der Waals surface area contributed by atoms with Crippen LogP contribution in [0.4, 0.5) is 0 Å². The quantitative estimate of drug-likeness (QED) is 0.386. The minimum Gasteiger partial charge on any atom is -0.465 e. The van der Waals surface area contributed by atoms with Crippen molar-refractivity contribution in [1.82, 2.24) is 0 Å². The number of alkyl halides is 1. The fraction of sp³-hybridized carbons (Fsp3) is 0.800. The Balaban J connectivity index is 3.32. The van der Waals surface area contributed by atoms with Gasteiger partial charge in [0.25, 0.3) is 0 Å². The second-order valence-electron chi connectivity index (χ2n) is 3.40. The minimum absolute atomic E-state index is 0.105. The van der Waals surface area contributed by atoms with E-state index < -0.39 is 0 Å². The van der Waals surface area contributed by atoms with Crippen molar-refractivity contribution in [2.24, 2.45) is 5.92 Å². The zero-order valence-corrected chi connectivity index (χ0v) is 9.88. The fourth-order valence-electron chi connectivity index (χ4n) is 0.844. The Kier molecular flexibility index (Phi) is 8.09. The number of hydrogen-bond donors (Lipinski definition) is 0. The number of carbonyl (C=O) groups excluding carboxylic acids is 2. The maximum absolute atomic E-state index is 11.0. The maximum atomic E-state index is 11.0. The standard InChI is InChI=1S/C10H17ClO4/c1-8(2)10(13)14-6-4-3-5-9(12)15-7-11/h8H,3-7H2,1-2H3. The Morgan fingerprint density at radius 3 is 2.40 bits per heavy atom. The summed E-state index contributed by atoms with van der Waals surface area (Å²) in [5.74, 6) is -0.635. The van der Waals surface area contributed by atoms with E-state index in [-0.39, 0.29) is 23.9 Å². The first-order chi connectivity index (χ1) is 7.07. The van der Waals surface area contributed by atoms with Crippen molar-refractivity contribution in [3.63, 3.8) is 0 Å². The molecule has 0 N–H and O–H groups in total.